The highest BCUT2D eigenvalue weighted by molar-refractivity contribution is 5.92. The molecule has 0 aliphatic carbocycles. The molecule has 0 bridgehead atoms. The summed E-state index contributed by atoms with van der Waals surface area (Å²) in [5.74, 6) is -0.790. The zero-order chi connectivity index (χ0) is 24.1. The van der Waals surface area contributed by atoms with E-state index in [1.807, 2.05) is 31.2 Å². The van der Waals surface area contributed by atoms with Crippen molar-refractivity contribution < 1.29 is 23.1 Å². The lowest BCUT2D eigenvalue weighted by molar-refractivity contribution is 0.0502. The first-order valence-electron chi connectivity index (χ1n) is 10.7. The number of hydrogen-bond acceptors (Lipinski definition) is 5. The molecular formula is C26H23F2N3O3. The maximum atomic E-state index is 13.8. The molecule has 1 unspecified atom stereocenters. The van der Waals surface area contributed by atoms with E-state index in [2.05, 4.69) is 10.3 Å². The smallest absolute Gasteiger partial charge is 0.368 e. The summed E-state index contributed by atoms with van der Waals surface area (Å²) < 4.78 is 32.6. The number of halogens is 2. The molecule has 0 saturated carbocycles. The van der Waals surface area contributed by atoms with Gasteiger partial charge in [-0.15, -0.1) is 0 Å². The third-order valence-electron chi connectivity index (χ3n) is 5.33. The van der Waals surface area contributed by atoms with Gasteiger partial charge in [-0.2, -0.15) is 5.10 Å². The van der Waals surface area contributed by atoms with Crippen molar-refractivity contribution in [2.45, 2.75) is 32.9 Å². The van der Waals surface area contributed by atoms with Crippen molar-refractivity contribution >= 4 is 17.5 Å². The van der Waals surface area contributed by atoms with Crippen LogP contribution in [-0.4, -0.2) is 22.5 Å². The summed E-state index contributed by atoms with van der Waals surface area (Å²) in [6.07, 6.45) is 0.671. The van der Waals surface area contributed by atoms with Crippen LogP contribution in [-0.2, 0) is 11.4 Å². The Bertz CT molecular complexity index is 1220. The largest absolute Gasteiger partial charge is 0.489 e. The summed E-state index contributed by atoms with van der Waals surface area (Å²) in [4.78, 5) is 17.1. The molecule has 34 heavy (non-hydrogen) atoms. The normalized spacial score (nSPS) is 15.8. The fourth-order valence-corrected chi connectivity index (χ4v) is 3.58. The summed E-state index contributed by atoms with van der Waals surface area (Å²) in [6.45, 7) is 3.91. The van der Waals surface area contributed by atoms with E-state index in [1.54, 1.807) is 30.1 Å². The number of carbonyl (C=O) groups excluding carboxylic acids is 1. The first-order valence-corrected chi connectivity index (χ1v) is 10.7. The molecule has 174 valence electrons. The van der Waals surface area contributed by atoms with E-state index in [0.29, 0.717) is 24.6 Å². The molecule has 4 rings (SSSR count). The SMILES string of the molecule is CC1=NN(/C(C)=N\OC(=O)c2ccccc2F)C(c2ccc(OCc3ccc(F)cc3)cc2)C1. The highest BCUT2D eigenvalue weighted by Crippen LogP contribution is 2.32. The lowest BCUT2D eigenvalue weighted by Crippen LogP contribution is -2.25. The van der Waals surface area contributed by atoms with E-state index < -0.39 is 11.8 Å². The highest BCUT2D eigenvalue weighted by Gasteiger charge is 2.28. The van der Waals surface area contributed by atoms with Crippen LogP contribution in [0, 0.1) is 11.6 Å². The lowest BCUT2D eigenvalue weighted by atomic mass is 10.0. The average Bonchev–Trinajstić information content (AvgIpc) is 3.24. The number of amidine groups is 1. The third-order valence-corrected chi connectivity index (χ3v) is 5.33. The Morgan fingerprint density at radius 1 is 1.06 bits per heavy atom. The van der Waals surface area contributed by atoms with Gasteiger partial charge in [0.1, 0.15) is 24.0 Å². The Hall–Kier alpha value is -4.07. The fraction of sp³-hybridized carbons (Fsp3) is 0.192. The van der Waals surface area contributed by atoms with Crippen molar-refractivity contribution in [3.8, 4) is 5.75 Å². The van der Waals surface area contributed by atoms with Crippen molar-refractivity contribution in [1.29, 1.82) is 0 Å². The van der Waals surface area contributed by atoms with E-state index in [9.17, 15) is 13.6 Å². The van der Waals surface area contributed by atoms with Gasteiger partial charge in [-0.3, -0.25) is 0 Å². The topological polar surface area (TPSA) is 63.5 Å². The maximum Gasteiger partial charge on any atom is 0.368 e. The van der Waals surface area contributed by atoms with Gasteiger partial charge in [0.25, 0.3) is 0 Å². The van der Waals surface area contributed by atoms with Gasteiger partial charge < -0.3 is 9.57 Å². The molecule has 1 heterocycles. The Kier molecular flexibility index (Phi) is 6.96. The van der Waals surface area contributed by atoms with Crippen LogP contribution >= 0.6 is 0 Å². The number of rotatable bonds is 6. The number of hydrogen-bond donors (Lipinski definition) is 0. The minimum atomic E-state index is -0.878. The number of nitrogens with zero attached hydrogens (tertiary/aromatic N) is 3. The Morgan fingerprint density at radius 2 is 1.76 bits per heavy atom. The van der Waals surface area contributed by atoms with Gasteiger partial charge in [-0.25, -0.2) is 18.6 Å². The lowest BCUT2D eigenvalue weighted by Gasteiger charge is -2.23. The molecule has 0 fully saturated rings. The van der Waals surface area contributed by atoms with Gasteiger partial charge in [0, 0.05) is 12.1 Å². The molecule has 3 aromatic carbocycles. The number of oxime groups is 1. The van der Waals surface area contributed by atoms with Crippen molar-refractivity contribution in [2.75, 3.05) is 0 Å². The van der Waals surface area contributed by atoms with Crippen molar-refractivity contribution in [3.63, 3.8) is 0 Å². The van der Waals surface area contributed by atoms with E-state index in [1.165, 1.54) is 30.3 Å². The molecule has 0 spiro atoms. The molecule has 8 heteroatoms. The van der Waals surface area contributed by atoms with Crippen molar-refractivity contribution in [2.24, 2.45) is 10.3 Å². The van der Waals surface area contributed by atoms with Crippen molar-refractivity contribution in [3.05, 3.63) is 101 Å². The van der Waals surface area contributed by atoms with Gasteiger partial charge in [-0.1, -0.05) is 41.6 Å². The monoisotopic (exact) mass is 463 g/mol. The van der Waals surface area contributed by atoms with Crippen LogP contribution in [0.2, 0.25) is 0 Å². The van der Waals surface area contributed by atoms with E-state index in [4.69, 9.17) is 9.57 Å². The molecule has 3 aromatic rings. The van der Waals surface area contributed by atoms with E-state index >= 15 is 0 Å². The van der Waals surface area contributed by atoms with Gasteiger partial charge in [0.2, 0.25) is 0 Å². The molecule has 1 aliphatic rings. The highest BCUT2D eigenvalue weighted by atomic mass is 19.1. The molecule has 0 radical (unpaired) electrons. The van der Waals surface area contributed by atoms with Crippen LogP contribution in [0.3, 0.4) is 0 Å². The maximum absolute atomic E-state index is 13.8. The first kappa shape index (κ1) is 23.1. The first-order chi connectivity index (χ1) is 16.4. The summed E-state index contributed by atoms with van der Waals surface area (Å²) in [7, 11) is 0. The molecule has 0 amide bonds. The molecule has 0 aromatic heterocycles. The molecule has 1 atom stereocenters. The van der Waals surface area contributed by atoms with E-state index in [0.717, 1.165) is 16.8 Å². The molecule has 6 nitrogen and oxygen atoms in total. The van der Waals surface area contributed by atoms with E-state index in [-0.39, 0.29) is 17.4 Å². The van der Waals surface area contributed by atoms with Crippen LogP contribution in [0.1, 0.15) is 47.8 Å². The molecule has 0 N–H and O–H groups in total. The predicted molar refractivity (Wildman–Crippen MR) is 124 cm³/mol. The van der Waals surface area contributed by atoms with Crippen LogP contribution in [0.15, 0.2) is 83.1 Å². The minimum absolute atomic E-state index is 0.137. The summed E-state index contributed by atoms with van der Waals surface area (Å²) >= 11 is 0. The van der Waals surface area contributed by atoms with Gasteiger partial charge in [0.15, 0.2) is 5.84 Å². The number of carbonyl (C=O) groups is 1. The van der Waals surface area contributed by atoms with Crippen LogP contribution < -0.4 is 4.74 Å². The van der Waals surface area contributed by atoms with Crippen LogP contribution in [0.25, 0.3) is 0 Å². The van der Waals surface area contributed by atoms with Gasteiger partial charge in [0.05, 0.1) is 11.6 Å². The Labute approximate surface area is 196 Å². The number of hydrazone groups is 1. The van der Waals surface area contributed by atoms with Gasteiger partial charge >= 0.3 is 5.97 Å². The minimum Gasteiger partial charge on any atom is -0.489 e. The standard InChI is InChI=1S/C26H23F2N3O3/c1-17-15-25(20-9-13-22(14-10-20)33-16-19-7-11-21(27)12-8-19)31(29-17)18(2)30-34-26(32)23-5-3-4-6-24(23)28/h3-14,25H,15-16H2,1-2H3/b30-18-. The Balaban J connectivity index is 1.41. The van der Waals surface area contributed by atoms with Gasteiger partial charge in [-0.05, 0) is 61.4 Å². The second-order valence-electron chi connectivity index (χ2n) is 7.88. The quantitative estimate of drug-likeness (QED) is 0.199. The summed E-state index contributed by atoms with van der Waals surface area (Å²) in [5, 5.41) is 10.1. The van der Waals surface area contributed by atoms with Crippen molar-refractivity contribution in [1.82, 2.24) is 5.01 Å². The summed E-state index contributed by atoms with van der Waals surface area (Å²) in [5.41, 5.74) is 2.56. The number of benzene rings is 3. The summed E-state index contributed by atoms with van der Waals surface area (Å²) in [6, 6.07) is 19.2. The zero-order valence-electron chi connectivity index (χ0n) is 18.7. The zero-order valence-corrected chi connectivity index (χ0v) is 18.7. The average molecular weight is 463 g/mol. The van der Waals surface area contributed by atoms with Crippen LogP contribution in [0.4, 0.5) is 8.78 Å². The second-order valence-corrected chi connectivity index (χ2v) is 7.88. The Morgan fingerprint density at radius 3 is 2.47 bits per heavy atom. The molecule has 0 saturated heterocycles. The second kappa shape index (κ2) is 10.2. The molecule has 1 aliphatic heterocycles. The fourth-order valence-electron chi connectivity index (χ4n) is 3.58. The predicted octanol–water partition coefficient (Wildman–Crippen LogP) is 5.86. The number of ether oxygens (including phenoxy) is 1. The molecular weight excluding hydrogens is 440 g/mol. The third kappa shape index (κ3) is 5.46. The van der Waals surface area contributed by atoms with Crippen LogP contribution in [0.5, 0.6) is 5.75 Å².